The molecule has 0 aromatic carbocycles. The van der Waals surface area contributed by atoms with Crippen LogP contribution in [0.3, 0.4) is 0 Å². The summed E-state index contributed by atoms with van der Waals surface area (Å²) in [6.45, 7) is 0.251. The number of nitrogens with zero attached hydrogens (tertiary/aromatic N) is 1. The van der Waals surface area contributed by atoms with Crippen LogP contribution >= 0.6 is 0 Å². The molecule has 1 unspecified atom stereocenters. The van der Waals surface area contributed by atoms with Crippen molar-refractivity contribution >= 4 is 0 Å². The molecule has 3 N–H and O–H groups in total. The van der Waals surface area contributed by atoms with Crippen molar-refractivity contribution in [3.05, 3.63) is 0 Å². The van der Waals surface area contributed by atoms with Crippen molar-refractivity contribution in [2.75, 3.05) is 26.8 Å². The van der Waals surface area contributed by atoms with E-state index in [0.717, 1.165) is 0 Å². The SMILES string of the molecule is CN1C[C@@](O)(CO)CC1CO. The lowest BCUT2D eigenvalue weighted by molar-refractivity contribution is -0.00439. The highest BCUT2D eigenvalue weighted by Gasteiger charge is 2.39. The summed E-state index contributed by atoms with van der Waals surface area (Å²) in [5.74, 6) is 0. The minimum Gasteiger partial charge on any atom is -0.395 e. The summed E-state index contributed by atoms with van der Waals surface area (Å²) in [5.41, 5.74) is -0.998. The van der Waals surface area contributed by atoms with E-state index in [1.807, 2.05) is 11.9 Å². The van der Waals surface area contributed by atoms with E-state index < -0.39 is 5.60 Å². The molecule has 1 heterocycles. The first-order chi connectivity index (χ1) is 5.11. The van der Waals surface area contributed by atoms with Crippen LogP contribution in [-0.4, -0.2) is 58.7 Å². The van der Waals surface area contributed by atoms with Gasteiger partial charge in [-0.2, -0.15) is 0 Å². The van der Waals surface area contributed by atoms with Gasteiger partial charge in [0.15, 0.2) is 0 Å². The van der Waals surface area contributed by atoms with E-state index in [1.165, 1.54) is 0 Å². The van der Waals surface area contributed by atoms with Gasteiger partial charge in [0.05, 0.1) is 13.2 Å². The smallest absolute Gasteiger partial charge is 0.102 e. The van der Waals surface area contributed by atoms with Crippen molar-refractivity contribution in [1.82, 2.24) is 4.90 Å². The maximum Gasteiger partial charge on any atom is 0.102 e. The van der Waals surface area contributed by atoms with Gasteiger partial charge in [-0.3, -0.25) is 4.90 Å². The van der Waals surface area contributed by atoms with Crippen LogP contribution in [0.15, 0.2) is 0 Å². The number of hydrogen-bond acceptors (Lipinski definition) is 4. The third-order valence-electron chi connectivity index (χ3n) is 2.29. The molecule has 11 heavy (non-hydrogen) atoms. The summed E-state index contributed by atoms with van der Waals surface area (Å²) in [4.78, 5) is 1.86. The van der Waals surface area contributed by atoms with E-state index in [-0.39, 0.29) is 19.3 Å². The fourth-order valence-electron chi connectivity index (χ4n) is 1.57. The normalized spacial score (nSPS) is 39.8. The Balaban J connectivity index is 2.55. The second-order valence-corrected chi connectivity index (χ2v) is 3.34. The van der Waals surface area contributed by atoms with Gasteiger partial charge >= 0.3 is 0 Å². The molecule has 0 saturated carbocycles. The lowest BCUT2D eigenvalue weighted by Crippen LogP contribution is -2.35. The van der Waals surface area contributed by atoms with Gasteiger partial charge in [0.25, 0.3) is 0 Å². The molecular formula is C7H15NO3. The van der Waals surface area contributed by atoms with Crippen molar-refractivity contribution < 1.29 is 15.3 Å². The maximum atomic E-state index is 9.57. The molecule has 1 saturated heterocycles. The molecule has 0 bridgehead atoms. The zero-order chi connectivity index (χ0) is 8.48. The topological polar surface area (TPSA) is 63.9 Å². The third-order valence-corrected chi connectivity index (χ3v) is 2.29. The Morgan fingerprint density at radius 2 is 2.18 bits per heavy atom. The van der Waals surface area contributed by atoms with Crippen molar-refractivity contribution in [2.45, 2.75) is 18.1 Å². The molecule has 1 fully saturated rings. The first-order valence-corrected chi connectivity index (χ1v) is 3.75. The molecule has 4 heteroatoms. The summed E-state index contributed by atoms with van der Waals surface area (Å²) in [7, 11) is 1.83. The standard InChI is InChI=1S/C7H15NO3/c1-8-4-7(11,5-10)2-6(8)3-9/h6,9-11H,2-5H2,1H3/t6?,7-/m1/s1. The summed E-state index contributed by atoms with van der Waals surface area (Å²) < 4.78 is 0. The van der Waals surface area contributed by atoms with Gasteiger partial charge in [-0.1, -0.05) is 0 Å². The lowest BCUT2D eigenvalue weighted by atomic mass is 10.0. The average molecular weight is 161 g/mol. The number of aliphatic hydroxyl groups is 3. The highest BCUT2D eigenvalue weighted by Crippen LogP contribution is 2.24. The number of likely N-dealkylation sites (tertiary alicyclic amines) is 1. The Bertz CT molecular complexity index is 142. The first kappa shape index (κ1) is 8.93. The summed E-state index contributed by atoms with van der Waals surface area (Å²) in [6.07, 6.45) is 0.455. The molecule has 1 aliphatic rings. The molecule has 0 aromatic rings. The number of aliphatic hydroxyl groups excluding tert-OH is 2. The van der Waals surface area contributed by atoms with E-state index >= 15 is 0 Å². The van der Waals surface area contributed by atoms with Crippen molar-refractivity contribution in [1.29, 1.82) is 0 Å². The predicted molar refractivity (Wildman–Crippen MR) is 40.2 cm³/mol. The Morgan fingerprint density at radius 3 is 2.45 bits per heavy atom. The maximum absolute atomic E-state index is 9.57. The van der Waals surface area contributed by atoms with Gasteiger partial charge in [-0.15, -0.1) is 0 Å². The zero-order valence-electron chi connectivity index (χ0n) is 6.69. The predicted octanol–water partition coefficient (Wildman–Crippen LogP) is -1.59. The molecule has 0 aliphatic carbocycles. The van der Waals surface area contributed by atoms with Gasteiger partial charge in [0.1, 0.15) is 5.60 Å². The number of rotatable bonds is 2. The molecule has 0 radical (unpaired) electrons. The molecule has 4 nitrogen and oxygen atoms in total. The van der Waals surface area contributed by atoms with Crippen LogP contribution in [0.25, 0.3) is 0 Å². The minimum absolute atomic E-state index is 0.00727. The second-order valence-electron chi connectivity index (χ2n) is 3.34. The van der Waals surface area contributed by atoms with E-state index in [4.69, 9.17) is 10.2 Å². The average Bonchev–Trinajstić information content (AvgIpc) is 2.27. The van der Waals surface area contributed by atoms with E-state index in [0.29, 0.717) is 13.0 Å². The summed E-state index contributed by atoms with van der Waals surface area (Å²) >= 11 is 0. The van der Waals surface area contributed by atoms with Gasteiger partial charge in [0, 0.05) is 12.6 Å². The number of hydrogen-bond donors (Lipinski definition) is 3. The van der Waals surface area contributed by atoms with Crippen LogP contribution in [0.4, 0.5) is 0 Å². The van der Waals surface area contributed by atoms with Crippen molar-refractivity contribution in [3.8, 4) is 0 Å². The van der Waals surface area contributed by atoms with E-state index in [9.17, 15) is 5.11 Å². The van der Waals surface area contributed by atoms with Crippen LogP contribution in [0.5, 0.6) is 0 Å². The fourth-order valence-corrected chi connectivity index (χ4v) is 1.57. The van der Waals surface area contributed by atoms with Crippen LogP contribution in [0.1, 0.15) is 6.42 Å². The Labute approximate surface area is 66.1 Å². The van der Waals surface area contributed by atoms with Gasteiger partial charge in [0.2, 0.25) is 0 Å². The summed E-state index contributed by atoms with van der Waals surface area (Å²) in [6, 6.07) is -0.00727. The van der Waals surface area contributed by atoms with Crippen molar-refractivity contribution in [2.24, 2.45) is 0 Å². The first-order valence-electron chi connectivity index (χ1n) is 3.75. The summed E-state index contributed by atoms with van der Waals surface area (Å²) in [5, 5.41) is 27.2. The lowest BCUT2D eigenvalue weighted by Gasteiger charge is -2.18. The number of β-amino-alcohol motifs (C(OH)–C–C–N with tert-alkyl or cyclic N) is 1. The highest BCUT2D eigenvalue weighted by molar-refractivity contribution is 4.94. The van der Waals surface area contributed by atoms with Crippen LogP contribution in [-0.2, 0) is 0 Å². The van der Waals surface area contributed by atoms with Crippen LogP contribution in [0.2, 0.25) is 0 Å². The molecule has 1 aliphatic heterocycles. The molecule has 1 rings (SSSR count). The quantitative estimate of drug-likeness (QED) is 0.457. The molecule has 66 valence electrons. The molecule has 0 amide bonds. The second kappa shape index (κ2) is 3.06. The molecule has 2 atom stereocenters. The largest absolute Gasteiger partial charge is 0.395 e. The highest BCUT2D eigenvalue weighted by atomic mass is 16.3. The number of likely N-dealkylation sites (N-methyl/N-ethyl adjacent to an activating group) is 1. The molecule has 0 aromatic heterocycles. The van der Waals surface area contributed by atoms with E-state index in [2.05, 4.69) is 0 Å². The van der Waals surface area contributed by atoms with Crippen molar-refractivity contribution in [3.63, 3.8) is 0 Å². The minimum atomic E-state index is -0.998. The Hall–Kier alpha value is -0.160. The third kappa shape index (κ3) is 1.70. The zero-order valence-corrected chi connectivity index (χ0v) is 6.69. The van der Waals surface area contributed by atoms with Crippen LogP contribution < -0.4 is 0 Å². The van der Waals surface area contributed by atoms with E-state index in [1.54, 1.807) is 0 Å². The Morgan fingerprint density at radius 1 is 1.55 bits per heavy atom. The van der Waals surface area contributed by atoms with Gasteiger partial charge in [-0.05, 0) is 13.5 Å². The van der Waals surface area contributed by atoms with Gasteiger partial charge < -0.3 is 15.3 Å². The monoisotopic (exact) mass is 161 g/mol. The fraction of sp³-hybridized carbons (Fsp3) is 1.00. The van der Waals surface area contributed by atoms with Crippen LogP contribution in [0, 0.1) is 0 Å². The van der Waals surface area contributed by atoms with Gasteiger partial charge in [-0.25, -0.2) is 0 Å². The molecule has 0 spiro atoms. The molecular weight excluding hydrogens is 146 g/mol. The Kier molecular flexibility index (Phi) is 2.49.